The molecule has 0 unspecified atom stereocenters. The zero-order chi connectivity index (χ0) is 16.7. The first kappa shape index (κ1) is 16.0. The number of hydrogen-bond acceptors (Lipinski definition) is 6. The van der Waals surface area contributed by atoms with Crippen molar-refractivity contribution >= 4 is 5.91 Å². The third kappa shape index (κ3) is 2.83. The predicted molar refractivity (Wildman–Crippen MR) is 84.1 cm³/mol. The van der Waals surface area contributed by atoms with E-state index in [1.165, 1.54) is 0 Å². The summed E-state index contributed by atoms with van der Waals surface area (Å²) in [7, 11) is 0. The van der Waals surface area contributed by atoms with Crippen LogP contribution in [0.2, 0.25) is 0 Å². The first-order chi connectivity index (χ1) is 11.6. The van der Waals surface area contributed by atoms with Crippen molar-refractivity contribution in [3.63, 3.8) is 0 Å². The highest BCUT2D eigenvalue weighted by atomic mass is 16.7. The van der Waals surface area contributed by atoms with E-state index in [-0.39, 0.29) is 30.1 Å². The highest BCUT2D eigenvalue weighted by Crippen LogP contribution is 2.36. The summed E-state index contributed by atoms with van der Waals surface area (Å²) in [6, 6.07) is -0.226. The number of piperidine rings is 1. The lowest BCUT2D eigenvalue weighted by molar-refractivity contribution is -0.167. The number of nitrogens with one attached hydrogen (secondary N) is 1. The second-order valence-electron chi connectivity index (χ2n) is 6.84. The average Bonchev–Trinajstić information content (AvgIpc) is 3.24. The summed E-state index contributed by atoms with van der Waals surface area (Å²) in [6.45, 7) is 3.60. The normalized spacial score (nSPS) is 36.9. The van der Waals surface area contributed by atoms with Gasteiger partial charge in [0.1, 0.15) is 12.1 Å². The molecule has 0 spiro atoms. The Morgan fingerprint density at radius 2 is 2.17 bits per heavy atom. The largest absolute Gasteiger partial charge is 0.389 e. The van der Waals surface area contributed by atoms with Crippen molar-refractivity contribution in [2.45, 2.75) is 56.4 Å². The van der Waals surface area contributed by atoms with Gasteiger partial charge in [0.2, 0.25) is 5.91 Å². The van der Waals surface area contributed by atoms with E-state index < -0.39 is 12.4 Å². The lowest BCUT2D eigenvalue weighted by Crippen LogP contribution is -2.60. The fourth-order valence-corrected chi connectivity index (χ4v) is 4.00. The molecular weight excluding hydrogens is 312 g/mol. The summed E-state index contributed by atoms with van der Waals surface area (Å²) in [5.74, 6) is 0.127. The van der Waals surface area contributed by atoms with Gasteiger partial charge >= 0.3 is 0 Å². The molecule has 24 heavy (non-hydrogen) atoms. The van der Waals surface area contributed by atoms with E-state index in [0.717, 1.165) is 25.9 Å². The van der Waals surface area contributed by atoms with Crippen LogP contribution in [0.5, 0.6) is 0 Å². The smallest absolute Gasteiger partial charge is 0.219 e. The number of amides is 1. The van der Waals surface area contributed by atoms with Gasteiger partial charge in [0.15, 0.2) is 6.29 Å². The molecule has 4 heterocycles. The standard InChI is InChI=1S/C16H24N4O4/c1-10(21)19-5-2-11(3-6-19)18-13-12-8-23-16(24-12)14(15(13)22)20-7-4-17-9-20/h4,7,9,11-16,18,22H,2-3,5-6,8H2,1H3/t12-,13-,14-,15+,16-/m1/s1. The van der Waals surface area contributed by atoms with Gasteiger partial charge in [-0.1, -0.05) is 0 Å². The maximum atomic E-state index is 11.4. The zero-order valence-electron chi connectivity index (χ0n) is 13.7. The monoisotopic (exact) mass is 336 g/mol. The van der Waals surface area contributed by atoms with Crippen LogP contribution in [0.1, 0.15) is 25.8 Å². The molecule has 0 aromatic carbocycles. The average molecular weight is 336 g/mol. The van der Waals surface area contributed by atoms with E-state index in [1.54, 1.807) is 19.4 Å². The summed E-state index contributed by atoms with van der Waals surface area (Å²) in [4.78, 5) is 17.4. The number of likely N-dealkylation sites (tertiary alicyclic amines) is 1. The van der Waals surface area contributed by atoms with Crippen molar-refractivity contribution in [2.24, 2.45) is 0 Å². The molecule has 3 fully saturated rings. The third-order valence-electron chi connectivity index (χ3n) is 5.37. The molecule has 2 N–H and O–H groups in total. The van der Waals surface area contributed by atoms with Gasteiger partial charge in [-0.05, 0) is 12.8 Å². The van der Waals surface area contributed by atoms with Crippen LogP contribution >= 0.6 is 0 Å². The van der Waals surface area contributed by atoms with E-state index in [1.807, 2.05) is 15.7 Å². The second kappa shape index (κ2) is 6.44. The van der Waals surface area contributed by atoms with Crippen LogP contribution in [0.3, 0.4) is 0 Å². The van der Waals surface area contributed by atoms with Gasteiger partial charge < -0.3 is 29.4 Å². The Morgan fingerprint density at radius 1 is 1.38 bits per heavy atom. The molecule has 8 heteroatoms. The zero-order valence-corrected chi connectivity index (χ0v) is 13.7. The molecule has 8 nitrogen and oxygen atoms in total. The number of aromatic nitrogens is 2. The van der Waals surface area contributed by atoms with Gasteiger partial charge in [0, 0.05) is 38.4 Å². The van der Waals surface area contributed by atoms with Gasteiger partial charge in [-0.15, -0.1) is 0 Å². The number of carbonyl (C=O) groups excluding carboxylic acids is 1. The van der Waals surface area contributed by atoms with E-state index in [4.69, 9.17) is 9.47 Å². The Kier molecular flexibility index (Phi) is 4.29. The summed E-state index contributed by atoms with van der Waals surface area (Å²) in [6.07, 6.45) is 5.77. The number of aliphatic hydroxyl groups excluding tert-OH is 1. The fraction of sp³-hybridized carbons (Fsp3) is 0.750. The van der Waals surface area contributed by atoms with Crippen LogP contribution in [-0.4, -0.2) is 75.7 Å². The number of hydrogen-bond donors (Lipinski definition) is 2. The van der Waals surface area contributed by atoms with Crippen molar-refractivity contribution in [1.82, 2.24) is 19.8 Å². The molecule has 0 saturated carbocycles. The van der Waals surface area contributed by atoms with Gasteiger partial charge in [0.25, 0.3) is 0 Å². The predicted octanol–water partition coefficient (Wildman–Crippen LogP) is -0.491. The van der Waals surface area contributed by atoms with Crippen molar-refractivity contribution in [1.29, 1.82) is 0 Å². The Labute approximate surface area is 140 Å². The minimum atomic E-state index is -0.615. The number of imidazole rings is 1. The molecule has 3 aliphatic rings. The number of ether oxygens (including phenoxy) is 2. The van der Waals surface area contributed by atoms with Crippen molar-refractivity contribution in [2.75, 3.05) is 19.7 Å². The fourth-order valence-electron chi connectivity index (χ4n) is 4.00. The van der Waals surface area contributed by atoms with Crippen LogP contribution in [0.15, 0.2) is 18.7 Å². The maximum absolute atomic E-state index is 11.4. The number of nitrogens with zero attached hydrogens (tertiary/aromatic N) is 3. The summed E-state index contributed by atoms with van der Waals surface area (Å²) in [5.41, 5.74) is 0. The van der Waals surface area contributed by atoms with Crippen molar-refractivity contribution < 1.29 is 19.4 Å². The van der Waals surface area contributed by atoms with Crippen LogP contribution < -0.4 is 5.32 Å². The van der Waals surface area contributed by atoms with E-state index >= 15 is 0 Å². The second-order valence-corrected chi connectivity index (χ2v) is 6.84. The van der Waals surface area contributed by atoms with Crippen LogP contribution in [-0.2, 0) is 14.3 Å². The molecule has 1 aromatic heterocycles. The Hall–Kier alpha value is -1.48. The number of carbonyl (C=O) groups is 1. The molecule has 0 aliphatic carbocycles. The lowest BCUT2D eigenvalue weighted by Gasteiger charge is -2.42. The maximum Gasteiger partial charge on any atom is 0.219 e. The topological polar surface area (TPSA) is 88.9 Å². The van der Waals surface area contributed by atoms with Crippen molar-refractivity contribution in [3.05, 3.63) is 18.7 Å². The molecule has 1 aromatic rings. The highest BCUT2D eigenvalue weighted by Gasteiger charge is 2.51. The minimum Gasteiger partial charge on any atom is -0.389 e. The Bertz CT molecular complexity index is 573. The van der Waals surface area contributed by atoms with E-state index in [0.29, 0.717) is 6.61 Å². The van der Waals surface area contributed by atoms with Gasteiger partial charge in [-0.3, -0.25) is 4.79 Å². The first-order valence-corrected chi connectivity index (χ1v) is 8.57. The first-order valence-electron chi connectivity index (χ1n) is 8.57. The summed E-state index contributed by atoms with van der Waals surface area (Å²) >= 11 is 0. The molecule has 0 radical (unpaired) electrons. The SMILES string of the molecule is CC(=O)N1CCC(N[C@H]2[C@H](O)[C@@H](n3ccnc3)[C@@H]3OC[C@H]2O3)CC1. The van der Waals surface area contributed by atoms with Gasteiger partial charge in [-0.2, -0.15) is 0 Å². The highest BCUT2D eigenvalue weighted by molar-refractivity contribution is 5.73. The number of fused-ring (bicyclic) bond motifs is 2. The third-order valence-corrected chi connectivity index (χ3v) is 5.37. The van der Waals surface area contributed by atoms with Gasteiger partial charge in [0.05, 0.1) is 25.1 Å². The minimum absolute atomic E-state index is 0.127. The molecular formula is C16H24N4O4. The molecule has 132 valence electrons. The molecule has 4 rings (SSSR count). The molecule has 3 saturated heterocycles. The van der Waals surface area contributed by atoms with Crippen LogP contribution in [0.4, 0.5) is 0 Å². The van der Waals surface area contributed by atoms with Crippen LogP contribution in [0, 0.1) is 0 Å². The quantitative estimate of drug-likeness (QED) is 0.774. The van der Waals surface area contributed by atoms with Gasteiger partial charge in [-0.25, -0.2) is 4.98 Å². The Balaban J connectivity index is 1.44. The van der Waals surface area contributed by atoms with E-state index in [9.17, 15) is 9.90 Å². The number of aliphatic hydroxyl groups is 1. The molecule has 2 bridgehead atoms. The van der Waals surface area contributed by atoms with Crippen LogP contribution in [0.25, 0.3) is 0 Å². The Morgan fingerprint density at radius 3 is 2.83 bits per heavy atom. The molecule has 3 aliphatic heterocycles. The van der Waals surface area contributed by atoms with E-state index in [2.05, 4.69) is 10.3 Å². The summed E-state index contributed by atoms with van der Waals surface area (Å²) in [5, 5.41) is 14.5. The molecule has 1 amide bonds. The molecule has 5 atom stereocenters. The summed E-state index contributed by atoms with van der Waals surface area (Å²) < 4.78 is 13.5. The lowest BCUT2D eigenvalue weighted by atomic mass is 9.93. The number of rotatable bonds is 3. The van der Waals surface area contributed by atoms with Crippen molar-refractivity contribution in [3.8, 4) is 0 Å².